The minimum Gasteiger partial charge on any atom is -0.455 e. The van der Waals surface area contributed by atoms with E-state index < -0.39 is 0 Å². The van der Waals surface area contributed by atoms with Crippen molar-refractivity contribution in [1.82, 2.24) is 0 Å². The second-order valence-corrected chi connectivity index (χ2v) is 14.9. The average molecular weight is 740 g/mol. The lowest BCUT2D eigenvalue weighted by Crippen LogP contribution is -2.11. The van der Waals surface area contributed by atoms with E-state index in [-0.39, 0.29) is 0 Å². The molecule has 2 nitrogen and oxygen atoms in total. The maximum Gasteiger partial charge on any atom is 0.143 e. The number of anilines is 3. The molecule has 2 heteroatoms. The van der Waals surface area contributed by atoms with E-state index in [1.165, 1.54) is 43.8 Å². The van der Waals surface area contributed by atoms with Gasteiger partial charge in [-0.05, 0) is 103 Å². The number of rotatable bonds is 7. The molecule has 11 rings (SSSR count). The molecule has 0 saturated heterocycles. The van der Waals surface area contributed by atoms with Crippen LogP contribution in [-0.4, -0.2) is 0 Å². The first-order chi connectivity index (χ1) is 28.7. The van der Waals surface area contributed by atoms with Crippen LogP contribution in [0.15, 0.2) is 229 Å². The average Bonchev–Trinajstić information content (AvgIpc) is 3.68. The molecule has 1 heterocycles. The summed E-state index contributed by atoms with van der Waals surface area (Å²) < 4.78 is 6.46. The normalized spacial score (nSPS) is 11.4. The van der Waals surface area contributed by atoms with Gasteiger partial charge < -0.3 is 9.32 Å². The second-order valence-electron chi connectivity index (χ2n) is 14.9. The van der Waals surface area contributed by atoms with Crippen LogP contribution in [0.2, 0.25) is 0 Å². The monoisotopic (exact) mass is 739 g/mol. The molecular weight excluding hydrogens is 703 g/mol. The summed E-state index contributed by atoms with van der Waals surface area (Å²) in [5.74, 6) is 0. The molecule has 0 spiro atoms. The number of nitrogens with zero attached hydrogens (tertiary/aromatic N) is 1. The van der Waals surface area contributed by atoms with Gasteiger partial charge in [0.2, 0.25) is 0 Å². The third-order valence-corrected chi connectivity index (χ3v) is 11.5. The Kier molecular flexibility index (Phi) is 8.19. The Hall–Kier alpha value is -7.68. The molecule has 0 atom stereocenters. The number of furan rings is 1. The maximum atomic E-state index is 6.46. The van der Waals surface area contributed by atoms with Gasteiger partial charge in [0.25, 0.3) is 0 Å². The molecule has 0 aliphatic rings. The van der Waals surface area contributed by atoms with Crippen LogP contribution in [0, 0.1) is 0 Å². The molecule has 11 aromatic rings. The van der Waals surface area contributed by atoms with Gasteiger partial charge in [0.1, 0.15) is 11.2 Å². The van der Waals surface area contributed by atoms with Crippen molar-refractivity contribution < 1.29 is 4.42 Å². The highest BCUT2D eigenvalue weighted by atomic mass is 16.3. The third kappa shape index (κ3) is 5.91. The zero-order chi connectivity index (χ0) is 38.4. The quantitative estimate of drug-likeness (QED) is 0.162. The molecular formula is C56H37NO. The number of para-hydroxylation sites is 3. The van der Waals surface area contributed by atoms with Crippen molar-refractivity contribution in [3.8, 4) is 44.5 Å². The van der Waals surface area contributed by atoms with E-state index in [1.54, 1.807) is 0 Å². The summed E-state index contributed by atoms with van der Waals surface area (Å²) in [5, 5.41) is 7.20. The Balaban J connectivity index is 1.08. The van der Waals surface area contributed by atoms with Gasteiger partial charge in [-0.3, -0.25) is 0 Å². The fraction of sp³-hybridized carbons (Fsp3) is 0. The van der Waals surface area contributed by atoms with Crippen molar-refractivity contribution in [3.63, 3.8) is 0 Å². The van der Waals surface area contributed by atoms with Gasteiger partial charge in [-0.15, -0.1) is 0 Å². The summed E-state index contributed by atoms with van der Waals surface area (Å²) in [6, 6.07) is 80.8. The molecule has 0 bridgehead atoms. The zero-order valence-electron chi connectivity index (χ0n) is 31.7. The fourth-order valence-corrected chi connectivity index (χ4v) is 8.61. The van der Waals surface area contributed by atoms with Crippen molar-refractivity contribution >= 4 is 60.5 Å². The summed E-state index contributed by atoms with van der Waals surface area (Å²) in [6.45, 7) is 0. The van der Waals surface area contributed by atoms with Crippen LogP contribution in [0.4, 0.5) is 17.1 Å². The molecule has 58 heavy (non-hydrogen) atoms. The Labute approximate surface area is 337 Å². The van der Waals surface area contributed by atoms with E-state index in [0.717, 1.165) is 61.3 Å². The van der Waals surface area contributed by atoms with Crippen molar-refractivity contribution in [3.05, 3.63) is 224 Å². The van der Waals surface area contributed by atoms with Gasteiger partial charge in [0, 0.05) is 33.3 Å². The molecule has 0 radical (unpaired) electrons. The van der Waals surface area contributed by atoms with Crippen LogP contribution in [0.3, 0.4) is 0 Å². The number of benzene rings is 10. The van der Waals surface area contributed by atoms with E-state index in [1.807, 2.05) is 12.1 Å². The number of hydrogen-bond donors (Lipinski definition) is 0. The lowest BCUT2D eigenvalue weighted by atomic mass is 9.92. The predicted octanol–water partition coefficient (Wildman–Crippen LogP) is 16.0. The van der Waals surface area contributed by atoms with Gasteiger partial charge in [-0.25, -0.2) is 0 Å². The van der Waals surface area contributed by atoms with Crippen LogP contribution in [-0.2, 0) is 0 Å². The van der Waals surface area contributed by atoms with Crippen LogP contribution < -0.4 is 4.90 Å². The van der Waals surface area contributed by atoms with E-state index in [4.69, 9.17) is 4.42 Å². The first kappa shape index (κ1) is 33.6. The van der Waals surface area contributed by atoms with Crippen molar-refractivity contribution in [2.24, 2.45) is 0 Å². The molecule has 0 saturated carbocycles. The summed E-state index contributed by atoms with van der Waals surface area (Å²) in [7, 11) is 0. The second kappa shape index (κ2) is 14.1. The fourth-order valence-electron chi connectivity index (χ4n) is 8.61. The van der Waals surface area contributed by atoms with Crippen molar-refractivity contribution in [2.75, 3.05) is 4.90 Å². The smallest absolute Gasteiger partial charge is 0.143 e. The first-order valence-electron chi connectivity index (χ1n) is 19.8. The van der Waals surface area contributed by atoms with Gasteiger partial charge >= 0.3 is 0 Å². The largest absolute Gasteiger partial charge is 0.455 e. The van der Waals surface area contributed by atoms with E-state index in [9.17, 15) is 0 Å². The summed E-state index contributed by atoms with van der Waals surface area (Å²) in [5.41, 5.74) is 14.3. The molecule has 0 amide bonds. The Bertz CT molecular complexity index is 3300. The molecule has 0 unspecified atom stereocenters. The highest BCUT2D eigenvalue weighted by Crippen LogP contribution is 2.45. The lowest BCUT2D eigenvalue weighted by Gasteiger charge is -2.29. The van der Waals surface area contributed by atoms with Gasteiger partial charge in [-0.2, -0.15) is 0 Å². The Morgan fingerprint density at radius 2 is 0.845 bits per heavy atom. The molecule has 10 aromatic carbocycles. The first-order valence-corrected chi connectivity index (χ1v) is 19.8. The van der Waals surface area contributed by atoms with Crippen molar-refractivity contribution in [2.45, 2.75) is 0 Å². The molecule has 1 aromatic heterocycles. The molecule has 0 aliphatic carbocycles. The minimum atomic E-state index is 0.902. The predicted molar refractivity (Wildman–Crippen MR) is 245 cm³/mol. The summed E-state index contributed by atoms with van der Waals surface area (Å²) >= 11 is 0. The van der Waals surface area contributed by atoms with E-state index in [0.29, 0.717) is 0 Å². The minimum absolute atomic E-state index is 0.902. The van der Waals surface area contributed by atoms with E-state index in [2.05, 4.69) is 217 Å². The maximum absolute atomic E-state index is 6.46. The summed E-state index contributed by atoms with van der Waals surface area (Å²) in [6.07, 6.45) is 0. The van der Waals surface area contributed by atoms with Gasteiger partial charge in [0.15, 0.2) is 0 Å². The summed E-state index contributed by atoms with van der Waals surface area (Å²) in [4.78, 5) is 2.41. The molecule has 0 fully saturated rings. The van der Waals surface area contributed by atoms with Gasteiger partial charge in [0.05, 0.1) is 5.69 Å². The molecule has 272 valence electrons. The van der Waals surface area contributed by atoms with Crippen LogP contribution >= 0.6 is 0 Å². The van der Waals surface area contributed by atoms with E-state index >= 15 is 0 Å². The third-order valence-electron chi connectivity index (χ3n) is 11.5. The van der Waals surface area contributed by atoms with Crippen LogP contribution in [0.1, 0.15) is 0 Å². The highest BCUT2D eigenvalue weighted by Gasteiger charge is 2.20. The molecule has 0 N–H and O–H groups in total. The lowest BCUT2D eigenvalue weighted by molar-refractivity contribution is 0.670. The topological polar surface area (TPSA) is 16.4 Å². The highest BCUT2D eigenvalue weighted by molar-refractivity contribution is 6.09. The molecule has 0 aliphatic heterocycles. The van der Waals surface area contributed by atoms with Crippen molar-refractivity contribution in [1.29, 1.82) is 0 Å². The number of hydrogen-bond acceptors (Lipinski definition) is 2. The number of fused-ring (bicyclic) bond motifs is 5. The Morgan fingerprint density at radius 1 is 0.293 bits per heavy atom. The van der Waals surface area contributed by atoms with Crippen LogP contribution in [0.25, 0.3) is 88.0 Å². The SMILES string of the molecule is c1cc(-c2ccc3ccccc3c2)cc(N(c2ccc(-c3cccc4c3oc3ccccc34)cc2)c2ccccc2-c2ccccc2-c2ccc3ccccc3c2)c1. The Morgan fingerprint density at radius 3 is 1.64 bits per heavy atom. The zero-order valence-corrected chi connectivity index (χ0v) is 31.7. The van der Waals surface area contributed by atoms with Gasteiger partial charge in [-0.1, -0.05) is 176 Å². The standard InChI is InChI=1S/C56H37NO/c1-3-15-41-35-44(29-27-38(41)13-1)43-17-11-18-47(37-43)57(46-33-31-40(32-34-46)49-23-12-24-53-52-22-8-10-26-55(52)58-56(49)53)54-25-9-7-21-51(54)50-20-6-5-19-48(50)45-30-28-39-14-2-4-16-42(39)36-45/h1-37H. The van der Waals surface area contributed by atoms with Crippen LogP contribution in [0.5, 0.6) is 0 Å².